The molecule has 1 N–H and O–H groups in total. The summed E-state index contributed by atoms with van der Waals surface area (Å²) in [7, 11) is -1.13. The smallest absolute Gasteiger partial charge is 0.113 e. The maximum atomic E-state index is 10.8. The lowest BCUT2D eigenvalue weighted by molar-refractivity contribution is 0.690. The molecule has 0 aliphatic heterocycles. The highest BCUT2D eigenvalue weighted by Gasteiger charge is 1.99. The van der Waals surface area contributed by atoms with Crippen LogP contribution in [0.5, 0.6) is 0 Å². The number of anilines is 1. The monoisotopic (exact) mass is 180 g/mol. The van der Waals surface area contributed by atoms with Crippen molar-refractivity contribution in [1.29, 1.82) is 5.26 Å². The Morgan fingerprint density at radius 1 is 1.50 bits per heavy atom. The summed E-state index contributed by atoms with van der Waals surface area (Å²) < 4.78 is 13.4. The third-order valence-electron chi connectivity index (χ3n) is 1.30. The first-order chi connectivity index (χ1) is 5.74. The fourth-order valence-electron chi connectivity index (χ4n) is 0.824. The number of hydrogen-bond donors (Lipinski definition) is 1. The Hall–Kier alpha value is -1.34. The first kappa shape index (κ1) is 8.75. The number of para-hydroxylation sites is 1. The molecule has 0 saturated carbocycles. The van der Waals surface area contributed by atoms with Crippen LogP contribution in [0, 0.1) is 11.3 Å². The number of nitrogens with one attached hydrogen (secondary N) is 1. The first-order valence-electron chi connectivity index (χ1n) is 3.33. The van der Waals surface area contributed by atoms with Gasteiger partial charge < -0.3 is 4.72 Å². The zero-order valence-corrected chi connectivity index (χ0v) is 7.39. The predicted octanol–water partition coefficient (Wildman–Crippen LogP) is 1.26. The van der Waals surface area contributed by atoms with Crippen LogP contribution in [0.2, 0.25) is 0 Å². The van der Waals surface area contributed by atoms with Crippen molar-refractivity contribution < 1.29 is 4.21 Å². The largest absolute Gasteiger partial charge is 0.304 e. The highest BCUT2D eigenvalue weighted by molar-refractivity contribution is 7.85. The lowest BCUT2D eigenvalue weighted by Crippen LogP contribution is -2.02. The van der Waals surface area contributed by atoms with Gasteiger partial charge in [0.15, 0.2) is 0 Å². The molecule has 0 heterocycles. The van der Waals surface area contributed by atoms with E-state index >= 15 is 0 Å². The molecule has 0 spiro atoms. The zero-order valence-electron chi connectivity index (χ0n) is 6.57. The Kier molecular flexibility index (Phi) is 2.83. The van der Waals surface area contributed by atoms with Crippen molar-refractivity contribution in [3.05, 3.63) is 29.8 Å². The molecule has 1 unspecified atom stereocenters. The summed E-state index contributed by atoms with van der Waals surface area (Å²) in [5.74, 6) is 0. The molecule has 0 aliphatic rings. The molecule has 62 valence electrons. The van der Waals surface area contributed by atoms with Crippen molar-refractivity contribution in [3.63, 3.8) is 0 Å². The SMILES string of the molecule is CS(=O)Nc1ccccc1C#N. The zero-order chi connectivity index (χ0) is 8.97. The van der Waals surface area contributed by atoms with E-state index in [9.17, 15) is 4.21 Å². The summed E-state index contributed by atoms with van der Waals surface area (Å²) in [5.41, 5.74) is 1.12. The van der Waals surface area contributed by atoms with Crippen molar-refractivity contribution in [2.75, 3.05) is 11.0 Å². The minimum atomic E-state index is -1.13. The third kappa shape index (κ3) is 2.07. The molecular weight excluding hydrogens is 172 g/mol. The summed E-state index contributed by atoms with van der Waals surface area (Å²) in [4.78, 5) is 0. The summed E-state index contributed by atoms with van der Waals surface area (Å²) in [5, 5.41) is 8.64. The normalized spacial score (nSPS) is 11.7. The molecule has 0 aromatic heterocycles. The number of benzene rings is 1. The van der Waals surface area contributed by atoms with Crippen molar-refractivity contribution in [1.82, 2.24) is 0 Å². The van der Waals surface area contributed by atoms with Crippen LogP contribution >= 0.6 is 0 Å². The van der Waals surface area contributed by atoms with E-state index < -0.39 is 11.0 Å². The highest BCUT2D eigenvalue weighted by Crippen LogP contribution is 2.13. The van der Waals surface area contributed by atoms with Crippen LogP contribution in [0.3, 0.4) is 0 Å². The van der Waals surface area contributed by atoms with Gasteiger partial charge in [-0.05, 0) is 12.1 Å². The molecular formula is C8H8N2OS. The number of hydrogen-bond acceptors (Lipinski definition) is 2. The fraction of sp³-hybridized carbons (Fsp3) is 0.125. The van der Waals surface area contributed by atoms with E-state index in [4.69, 9.17) is 5.26 Å². The molecule has 0 radical (unpaired) electrons. The summed E-state index contributed by atoms with van der Waals surface area (Å²) >= 11 is 0. The van der Waals surface area contributed by atoms with Gasteiger partial charge in [-0.15, -0.1) is 0 Å². The fourth-order valence-corrected chi connectivity index (χ4v) is 1.31. The topological polar surface area (TPSA) is 52.9 Å². The van der Waals surface area contributed by atoms with E-state index in [-0.39, 0.29) is 0 Å². The molecule has 12 heavy (non-hydrogen) atoms. The average Bonchev–Trinajstić information content (AvgIpc) is 2.04. The van der Waals surface area contributed by atoms with Gasteiger partial charge in [-0.25, -0.2) is 4.21 Å². The molecule has 1 rings (SSSR count). The molecule has 1 aromatic rings. The van der Waals surface area contributed by atoms with E-state index in [1.54, 1.807) is 24.3 Å². The van der Waals surface area contributed by atoms with Gasteiger partial charge in [0.25, 0.3) is 0 Å². The van der Waals surface area contributed by atoms with Crippen LogP contribution in [0.4, 0.5) is 5.69 Å². The molecule has 0 amide bonds. The highest BCUT2D eigenvalue weighted by atomic mass is 32.2. The lowest BCUT2D eigenvalue weighted by atomic mass is 10.2. The second kappa shape index (κ2) is 3.88. The molecule has 0 bridgehead atoms. The molecule has 1 atom stereocenters. The van der Waals surface area contributed by atoms with Crippen LogP contribution in [-0.2, 0) is 11.0 Å². The molecule has 0 aliphatic carbocycles. The number of rotatable bonds is 2. The van der Waals surface area contributed by atoms with E-state index in [2.05, 4.69) is 4.72 Å². The Bertz CT molecular complexity index is 343. The maximum Gasteiger partial charge on any atom is 0.113 e. The van der Waals surface area contributed by atoms with Gasteiger partial charge in [-0.2, -0.15) is 5.26 Å². The molecule has 4 heteroatoms. The second-order valence-corrected chi connectivity index (χ2v) is 3.33. The number of nitrogens with zero attached hydrogens (tertiary/aromatic N) is 1. The Morgan fingerprint density at radius 3 is 2.75 bits per heavy atom. The molecule has 0 saturated heterocycles. The average molecular weight is 180 g/mol. The third-order valence-corrected chi connectivity index (χ3v) is 1.81. The van der Waals surface area contributed by atoms with Crippen LogP contribution in [0.25, 0.3) is 0 Å². The van der Waals surface area contributed by atoms with Gasteiger partial charge in [0.1, 0.15) is 17.1 Å². The Morgan fingerprint density at radius 2 is 2.17 bits per heavy atom. The first-order valence-corrected chi connectivity index (χ1v) is 4.89. The van der Waals surface area contributed by atoms with E-state index in [1.165, 1.54) is 6.26 Å². The van der Waals surface area contributed by atoms with Gasteiger partial charge in [-0.1, -0.05) is 12.1 Å². The van der Waals surface area contributed by atoms with Gasteiger partial charge in [0.2, 0.25) is 0 Å². The second-order valence-electron chi connectivity index (χ2n) is 2.21. The van der Waals surface area contributed by atoms with E-state index in [1.807, 2.05) is 6.07 Å². The predicted molar refractivity (Wildman–Crippen MR) is 48.8 cm³/mol. The van der Waals surface area contributed by atoms with Crippen LogP contribution in [-0.4, -0.2) is 10.5 Å². The van der Waals surface area contributed by atoms with Gasteiger partial charge in [0.05, 0.1) is 11.3 Å². The van der Waals surface area contributed by atoms with Crippen molar-refractivity contribution >= 4 is 16.7 Å². The number of nitriles is 1. The Labute approximate surface area is 73.6 Å². The van der Waals surface area contributed by atoms with Gasteiger partial charge in [-0.3, -0.25) is 0 Å². The van der Waals surface area contributed by atoms with E-state index in [0.717, 1.165) is 0 Å². The van der Waals surface area contributed by atoms with Gasteiger partial charge in [0, 0.05) is 6.26 Å². The van der Waals surface area contributed by atoms with Crippen LogP contribution in [0.15, 0.2) is 24.3 Å². The lowest BCUT2D eigenvalue weighted by Gasteiger charge is -2.02. The van der Waals surface area contributed by atoms with Crippen LogP contribution in [0.1, 0.15) is 5.56 Å². The summed E-state index contributed by atoms with van der Waals surface area (Å²) in [6.45, 7) is 0. The quantitative estimate of drug-likeness (QED) is 0.745. The van der Waals surface area contributed by atoms with Crippen molar-refractivity contribution in [2.24, 2.45) is 0 Å². The maximum absolute atomic E-state index is 10.8. The summed E-state index contributed by atoms with van der Waals surface area (Å²) in [6, 6.07) is 8.96. The van der Waals surface area contributed by atoms with E-state index in [0.29, 0.717) is 11.3 Å². The minimum absolute atomic E-state index is 0.507. The molecule has 3 nitrogen and oxygen atoms in total. The minimum Gasteiger partial charge on any atom is -0.304 e. The van der Waals surface area contributed by atoms with Crippen molar-refractivity contribution in [2.45, 2.75) is 0 Å². The van der Waals surface area contributed by atoms with Crippen molar-refractivity contribution in [3.8, 4) is 6.07 Å². The molecule has 0 fully saturated rings. The summed E-state index contributed by atoms with van der Waals surface area (Å²) in [6.07, 6.45) is 1.52. The Balaban J connectivity index is 2.99. The van der Waals surface area contributed by atoms with Gasteiger partial charge >= 0.3 is 0 Å². The van der Waals surface area contributed by atoms with Crippen LogP contribution < -0.4 is 4.72 Å². The molecule has 1 aromatic carbocycles. The standard InChI is InChI=1S/C8H8N2OS/c1-12(11)10-8-5-3-2-4-7(8)6-9/h2-5,10H,1H3.